The van der Waals surface area contributed by atoms with Crippen molar-refractivity contribution in [3.8, 4) is 22.6 Å². The number of carbonyl (C=O) groups is 2. The number of nitrogens with zero attached hydrogens (tertiary/aromatic N) is 1. The molecule has 40 heavy (non-hydrogen) atoms. The van der Waals surface area contributed by atoms with Crippen LogP contribution in [-0.2, 0) is 9.53 Å². The van der Waals surface area contributed by atoms with E-state index in [1.165, 1.54) is 62.9 Å². The predicted octanol–water partition coefficient (Wildman–Crippen LogP) is 5.42. The molecule has 0 aliphatic rings. The Kier molecular flexibility index (Phi) is 9.83. The number of ether oxygens (including phenoxy) is 3. The minimum atomic E-state index is -4.60. The van der Waals surface area contributed by atoms with Crippen molar-refractivity contribution >= 4 is 29.2 Å². The third-order valence-electron chi connectivity index (χ3n) is 5.88. The maximum absolute atomic E-state index is 13.4. The quantitative estimate of drug-likeness (QED) is 0.310. The summed E-state index contributed by atoms with van der Waals surface area (Å²) in [5.74, 6) is -1.84. The molecule has 3 rings (SSSR count). The van der Waals surface area contributed by atoms with Crippen LogP contribution in [0.25, 0.3) is 11.1 Å². The number of halogens is 4. The van der Waals surface area contributed by atoms with Gasteiger partial charge in [0.1, 0.15) is 17.5 Å². The molecule has 0 saturated carbocycles. The monoisotopic (exact) mass is 582 g/mol. The molecule has 3 aromatic rings. The molecule has 2 N–H and O–H groups in total. The molecule has 1 heterocycles. The van der Waals surface area contributed by atoms with E-state index < -0.39 is 42.4 Å². The number of aromatic nitrogens is 1. The fourth-order valence-corrected chi connectivity index (χ4v) is 3.99. The van der Waals surface area contributed by atoms with Gasteiger partial charge in [-0.1, -0.05) is 11.6 Å². The molecular formula is C27H26ClF3N2O7. The first-order valence-electron chi connectivity index (χ1n) is 11.8. The maximum Gasteiger partial charge on any atom is 0.422 e. The smallest absolute Gasteiger partial charge is 0.422 e. The zero-order valence-electron chi connectivity index (χ0n) is 21.6. The van der Waals surface area contributed by atoms with Crippen molar-refractivity contribution in [3.05, 3.63) is 75.7 Å². The summed E-state index contributed by atoms with van der Waals surface area (Å²) in [7, 11) is 2.74. The van der Waals surface area contributed by atoms with Gasteiger partial charge in [0.05, 0.1) is 25.0 Å². The van der Waals surface area contributed by atoms with Crippen molar-refractivity contribution in [1.82, 2.24) is 4.57 Å². The van der Waals surface area contributed by atoms with Gasteiger partial charge in [-0.05, 0) is 49.4 Å². The summed E-state index contributed by atoms with van der Waals surface area (Å²) in [4.78, 5) is 37.8. The molecular weight excluding hydrogens is 557 g/mol. The number of alkyl halides is 3. The second-order valence-electron chi connectivity index (χ2n) is 8.71. The van der Waals surface area contributed by atoms with E-state index in [4.69, 9.17) is 30.9 Å². The predicted molar refractivity (Wildman–Crippen MR) is 141 cm³/mol. The number of nitrogens with one attached hydrogen (secondary N) is 1. The number of hydrogen-bond donors (Lipinski definition) is 2. The fourth-order valence-electron chi connectivity index (χ4n) is 3.82. The fraction of sp³-hybridized carbons (Fsp3) is 0.296. The van der Waals surface area contributed by atoms with Gasteiger partial charge in [-0.15, -0.1) is 0 Å². The SMILES string of the molecule is COc1cn(C(C[C@H](C)OC)C(=O)Nc2ccc(C(=O)O)cc2)c(=O)cc1-c1cc(Cl)ccc1OCC(F)(F)F. The summed E-state index contributed by atoms with van der Waals surface area (Å²) >= 11 is 6.09. The molecule has 0 aliphatic carbocycles. The van der Waals surface area contributed by atoms with Crippen LogP contribution in [0.15, 0.2) is 59.5 Å². The van der Waals surface area contributed by atoms with E-state index in [1.54, 1.807) is 6.92 Å². The topological polar surface area (TPSA) is 116 Å². The van der Waals surface area contributed by atoms with Crippen LogP contribution in [0.2, 0.25) is 5.02 Å². The van der Waals surface area contributed by atoms with Crippen molar-refractivity contribution < 1.29 is 42.1 Å². The normalized spacial score (nSPS) is 12.9. The van der Waals surface area contributed by atoms with Gasteiger partial charge in [-0.2, -0.15) is 13.2 Å². The second kappa shape index (κ2) is 12.9. The van der Waals surface area contributed by atoms with Gasteiger partial charge in [0.25, 0.3) is 5.56 Å². The molecule has 1 unspecified atom stereocenters. The summed E-state index contributed by atoms with van der Waals surface area (Å²) in [6.07, 6.45) is -3.73. The van der Waals surface area contributed by atoms with Crippen molar-refractivity contribution in [2.75, 3.05) is 26.1 Å². The Hall–Kier alpha value is -4.03. The van der Waals surface area contributed by atoms with E-state index in [-0.39, 0.29) is 39.6 Å². The molecule has 0 bridgehead atoms. The number of anilines is 1. The number of aromatic carboxylic acids is 1. The lowest BCUT2D eigenvalue weighted by atomic mass is 10.0. The lowest BCUT2D eigenvalue weighted by molar-refractivity contribution is -0.153. The van der Waals surface area contributed by atoms with Crippen LogP contribution in [0.3, 0.4) is 0 Å². The van der Waals surface area contributed by atoms with Gasteiger partial charge in [-0.25, -0.2) is 4.79 Å². The maximum atomic E-state index is 13.4. The Morgan fingerprint density at radius 1 is 1.05 bits per heavy atom. The van der Waals surface area contributed by atoms with E-state index in [0.717, 1.165) is 10.6 Å². The van der Waals surface area contributed by atoms with Gasteiger partial charge in [-0.3, -0.25) is 14.2 Å². The zero-order chi connectivity index (χ0) is 29.6. The molecule has 2 atom stereocenters. The molecule has 0 fully saturated rings. The van der Waals surface area contributed by atoms with Gasteiger partial charge in [0, 0.05) is 41.4 Å². The number of hydrogen-bond acceptors (Lipinski definition) is 6. The minimum absolute atomic E-state index is 0.0266. The van der Waals surface area contributed by atoms with Gasteiger partial charge in [0.15, 0.2) is 6.61 Å². The second-order valence-corrected chi connectivity index (χ2v) is 9.15. The van der Waals surface area contributed by atoms with Gasteiger partial charge in [0.2, 0.25) is 5.91 Å². The number of pyridine rings is 1. The number of amides is 1. The van der Waals surface area contributed by atoms with E-state index in [9.17, 15) is 27.6 Å². The number of methoxy groups -OCH3 is 2. The van der Waals surface area contributed by atoms with Crippen LogP contribution in [0.1, 0.15) is 29.7 Å². The first kappa shape index (κ1) is 30.5. The average Bonchev–Trinajstić information content (AvgIpc) is 2.90. The summed E-state index contributed by atoms with van der Waals surface area (Å²) in [5, 5.41) is 11.9. The highest BCUT2D eigenvalue weighted by molar-refractivity contribution is 6.31. The highest BCUT2D eigenvalue weighted by Gasteiger charge is 2.30. The number of benzene rings is 2. The lowest BCUT2D eigenvalue weighted by Crippen LogP contribution is -2.35. The van der Waals surface area contributed by atoms with Crippen LogP contribution in [0, 0.1) is 0 Å². The minimum Gasteiger partial charge on any atom is -0.495 e. The number of carboxylic acid groups (broad SMARTS) is 1. The number of carbonyl (C=O) groups excluding carboxylic acids is 1. The summed E-state index contributed by atoms with van der Waals surface area (Å²) < 4.78 is 55.3. The molecule has 0 aliphatic heterocycles. The molecule has 2 aromatic carbocycles. The Morgan fingerprint density at radius 3 is 2.27 bits per heavy atom. The molecule has 0 radical (unpaired) electrons. The number of carboxylic acids is 1. The lowest BCUT2D eigenvalue weighted by Gasteiger charge is -2.24. The molecule has 214 valence electrons. The molecule has 13 heteroatoms. The molecule has 1 amide bonds. The summed E-state index contributed by atoms with van der Waals surface area (Å²) in [6.45, 7) is 0.139. The van der Waals surface area contributed by atoms with Gasteiger partial charge >= 0.3 is 12.1 Å². The molecule has 0 saturated heterocycles. The first-order valence-corrected chi connectivity index (χ1v) is 12.2. The van der Waals surface area contributed by atoms with Crippen LogP contribution < -0.4 is 20.3 Å². The van der Waals surface area contributed by atoms with Crippen LogP contribution in [-0.4, -0.2) is 54.7 Å². The highest BCUT2D eigenvalue weighted by atomic mass is 35.5. The van der Waals surface area contributed by atoms with Crippen molar-refractivity contribution in [3.63, 3.8) is 0 Å². The largest absolute Gasteiger partial charge is 0.495 e. The van der Waals surface area contributed by atoms with E-state index in [2.05, 4.69) is 5.32 Å². The third kappa shape index (κ3) is 7.76. The summed E-state index contributed by atoms with van der Waals surface area (Å²) in [5.41, 5.74) is -0.151. The van der Waals surface area contributed by atoms with E-state index >= 15 is 0 Å². The van der Waals surface area contributed by atoms with Crippen LogP contribution in [0.5, 0.6) is 11.5 Å². The van der Waals surface area contributed by atoms with Crippen LogP contribution >= 0.6 is 11.6 Å². The highest BCUT2D eigenvalue weighted by Crippen LogP contribution is 2.38. The summed E-state index contributed by atoms with van der Waals surface area (Å²) in [6, 6.07) is 9.40. The van der Waals surface area contributed by atoms with Crippen molar-refractivity contribution in [2.24, 2.45) is 0 Å². The Balaban J connectivity index is 2.05. The van der Waals surface area contributed by atoms with Crippen LogP contribution in [0.4, 0.5) is 18.9 Å². The standard InChI is InChI=1S/C27H26ClF3N2O7/c1-15(38-2)10-21(25(35)32-18-7-4-16(5-8-18)26(36)37)33-13-23(39-3)20(12-24(33)34)19-11-17(28)6-9-22(19)40-14-27(29,30)31/h4-9,11-13,15,21H,10,14H2,1-3H3,(H,32,35)(H,36,37)/t15-,21?/m0/s1. The van der Waals surface area contributed by atoms with Gasteiger partial charge < -0.3 is 24.6 Å². The molecule has 0 spiro atoms. The Bertz CT molecular complexity index is 1430. The van der Waals surface area contributed by atoms with Crippen molar-refractivity contribution in [1.29, 1.82) is 0 Å². The van der Waals surface area contributed by atoms with E-state index in [0.29, 0.717) is 5.69 Å². The Labute approximate surface area is 232 Å². The average molecular weight is 583 g/mol. The molecule has 9 nitrogen and oxygen atoms in total. The zero-order valence-corrected chi connectivity index (χ0v) is 22.4. The third-order valence-corrected chi connectivity index (χ3v) is 6.12. The number of rotatable bonds is 11. The molecule has 1 aromatic heterocycles. The Morgan fingerprint density at radius 2 is 1.70 bits per heavy atom. The first-order chi connectivity index (χ1) is 18.8. The van der Waals surface area contributed by atoms with Crippen molar-refractivity contribution in [2.45, 2.75) is 31.7 Å². The van der Waals surface area contributed by atoms with E-state index in [1.807, 2.05) is 0 Å².